The van der Waals surface area contributed by atoms with E-state index < -0.39 is 0 Å². The van der Waals surface area contributed by atoms with Crippen molar-refractivity contribution >= 4 is 22.2 Å². The maximum absolute atomic E-state index is 5.16. The van der Waals surface area contributed by atoms with E-state index >= 15 is 0 Å². The number of hydrogen-bond donors (Lipinski definition) is 0. The highest BCUT2D eigenvalue weighted by molar-refractivity contribution is 6.26. The number of hydrogen-bond acceptors (Lipinski definition) is 1. The van der Waals surface area contributed by atoms with Gasteiger partial charge in [0.25, 0.3) is 0 Å². The van der Waals surface area contributed by atoms with E-state index in [2.05, 4.69) is 84.0 Å². The summed E-state index contributed by atoms with van der Waals surface area (Å²) in [7, 11) is 0. The Morgan fingerprint density at radius 1 is 0.967 bits per heavy atom. The SMILES string of the molecule is Cc1cc(C)cc(C2=Nc3ccc(C(C)C)c4cc(C5CCC(C)(C)C5)cc2c34)c1. The second kappa shape index (κ2) is 6.80. The van der Waals surface area contributed by atoms with Gasteiger partial charge in [0, 0.05) is 16.5 Å². The van der Waals surface area contributed by atoms with Crippen LogP contribution in [0.5, 0.6) is 0 Å². The third kappa shape index (κ3) is 3.20. The molecule has 3 aromatic carbocycles. The Morgan fingerprint density at radius 3 is 2.33 bits per heavy atom. The Bertz CT molecular complexity index is 1170. The van der Waals surface area contributed by atoms with Gasteiger partial charge in [0.05, 0.1) is 11.4 Å². The molecule has 1 unspecified atom stereocenters. The van der Waals surface area contributed by atoms with Crippen molar-refractivity contribution in [3.05, 3.63) is 75.8 Å². The summed E-state index contributed by atoms with van der Waals surface area (Å²) < 4.78 is 0. The van der Waals surface area contributed by atoms with Crippen molar-refractivity contribution in [2.24, 2.45) is 10.4 Å². The quantitative estimate of drug-likeness (QED) is 0.330. The highest BCUT2D eigenvalue weighted by Gasteiger charge is 2.33. The molecule has 0 aromatic heterocycles. The zero-order valence-corrected chi connectivity index (χ0v) is 19.3. The minimum absolute atomic E-state index is 0.452. The van der Waals surface area contributed by atoms with E-state index in [1.165, 1.54) is 63.4 Å². The van der Waals surface area contributed by atoms with Gasteiger partial charge in [-0.15, -0.1) is 0 Å². The second-order valence-corrected chi connectivity index (χ2v) is 10.8. The van der Waals surface area contributed by atoms with Crippen LogP contribution in [0.1, 0.15) is 92.2 Å². The highest BCUT2D eigenvalue weighted by atomic mass is 14.8. The van der Waals surface area contributed by atoms with Gasteiger partial charge in [-0.2, -0.15) is 0 Å². The number of benzene rings is 3. The van der Waals surface area contributed by atoms with Crippen LogP contribution in [-0.2, 0) is 0 Å². The first-order valence-electron chi connectivity index (χ1n) is 11.5. The smallest absolute Gasteiger partial charge is 0.0789 e. The summed E-state index contributed by atoms with van der Waals surface area (Å²) >= 11 is 0. The number of nitrogens with zero attached hydrogens (tertiary/aromatic N) is 1. The van der Waals surface area contributed by atoms with Gasteiger partial charge >= 0.3 is 0 Å². The Morgan fingerprint density at radius 2 is 1.70 bits per heavy atom. The van der Waals surface area contributed by atoms with Crippen LogP contribution in [0.25, 0.3) is 10.8 Å². The monoisotopic (exact) mass is 395 g/mol. The van der Waals surface area contributed by atoms with Crippen LogP contribution in [0.15, 0.2) is 47.5 Å². The van der Waals surface area contributed by atoms with Gasteiger partial charge in [-0.25, -0.2) is 4.99 Å². The van der Waals surface area contributed by atoms with Gasteiger partial charge in [-0.1, -0.05) is 57.0 Å². The molecule has 1 aliphatic carbocycles. The number of aliphatic imine (C=N–C) groups is 1. The molecule has 154 valence electrons. The lowest BCUT2D eigenvalue weighted by molar-refractivity contribution is 0.376. The Kier molecular flexibility index (Phi) is 4.43. The molecular weight excluding hydrogens is 362 g/mol. The fourth-order valence-corrected chi connectivity index (χ4v) is 5.76. The molecule has 0 radical (unpaired) electrons. The Hall–Kier alpha value is -2.41. The van der Waals surface area contributed by atoms with E-state index in [-0.39, 0.29) is 0 Å². The van der Waals surface area contributed by atoms with Crippen LogP contribution < -0.4 is 0 Å². The van der Waals surface area contributed by atoms with Crippen molar-refractivity contribution in [2.45, 2.75) is 72.6 Å². The predicted molar refractivity (Wildman–Crippen MR) is 130 cm³/mol. The molecule has 30 heavy (non-hydrogen) atoms. The van der Waals surface area contributed by atoms with Crippen LogP contribution in [-0.4, -0.2) is 5.71 Å². The van der Waals surface area contributed by atoms with Crippen molar-refractivity contribution in [1.29, 1.82) is 0 Å². The molecule has 0 bridgehead atoms. The normalized spacial score (nSPS) is 19.7. The first kappa shape index (κ1) is 19.5. The van der Waals surface area contributed by atoms with E-state index in [0.29, 0.717) is 17.3 Å². The van der Waals surface area contributed by atoms with Crippen molar-refractivity contribution in [1.82, 2.24) is 0 Å². The summed E-state index contributed by atoms with van der Waals surface area (Å²) in [5.74, 6) is 1.16. The summed E-state index contributed by atoms with van der Waals surface area (Å²) in [6.45, 7) is 13.8. The first-order chi connectivity index (χ1) is 14.2. The fraction of sp³-hybridized carbons (Fsp3) is 0.414. The average Bonchev–Trinajstić information content (AvgIpc) is 3.22. The lowest BCUT2D eigenvalue weighted by Gasteiger charge is -2.19. The summed E-state index contributed by atoms with van der Waals surface area (Å²) in [4.78, 5) is 5.16. The fourth-order valence-electron chi connectivity index (χ4n) is 5.76. The third-order valence-corrected chi connectivity index (χ3v) is 7.19. The largest absolute Gasteiger partial charge is 0.247 e. The lowest BCUT2D eigenvalue weighted by Crippen LogP contribution is -2.06. The summed E-state index contributed by atoms with van der Waals surface area (Å²) in [6, 6.07) is 16.3. The molecule has 2 aliphatic rings. The van der Waals surface area contributed by atoms with E-state index in [1.54, 1.807) is 0 Å². The maximum Gasteiger partial charge on any atom is 0.0789 e. The zero-order chi connectivity index (χ0) is 21.2. The molecule has 1 nitrogen and oxygen atoms in total. The first-order valence-corrected chi connectivity index (χ1v) is 11.5. The van der Waals surface area contributed by atoms with Crippen molar-refractivity contribution in [3.8, 4) is 0 Å². The van der Waals surface area contributed by atoms with Gasteiger partial charge in [-0.3, -0.25) is 0 Å². The van der Waals surface area contributed by atoms with Gasteiger partial charge in [-0.05, 0) is 91.1 Å². The Balaban J connectivity index is 1.74. The van der Waals surface area contributed by atoms with Crippen LogP contribution >= 0.6 is 0 Å². The van der Waals surface area contributed by atoms with E-state index in [0.717, 1.165) is 11.4 Å². The minimum atomic E-state index is 0.452. The molecule has 3 aromatic rings. The molecule has 0 spiro atoms. The van der Waals surface area contributed by atoms with Crippen molar-refractivity contribution in [3.63, 3.8) is 0 Å². The van der Waals surface area contributed by atoms with Gasteiger partial charge in [0.15, 0.2) is 0 Å². The van der Waals surface area contributed by atoms with Crippen LogP contribution in [0, 0.1) is 19.3 Å². The van der Waals surface area contributed by atoms with Gasteiger partial charge in [0.1, 0.15) is 0 Å². The molecule has 1 heteroatoms. The van der Waals surface area contributed by atoms with Gasteiger partial charge in [0.2, 0.25) is 0 Å². The number of rotatable bonds is 3. The standard InChI is InChI=1S/C29H33N/c1-17(2)23-7-8-26-27-24(23)14-21(20-9-10-29(5,6)16-20)15-25(27)28(30-26)22-12-18(3)11-19(4)13-22/h7-8,11-15,17,20H,9-10,16H2,1-6H3. The highest BCUT2D eigenvalue weighted by Crippen LogP contribution is 2.49. The van der Waals surface area contributed by atoms with Crippen LogP contribution in [0.3, 0.4) is 0 Å². The summed E-state index contributed by atoms with van der Waals surface area (Å²) in [5, 5.41) is 2.78. The molecule has 1 heterocycles. The molecule has 1 aliphatic heterocycles. The summed E-state index contributed by atoms with van der Waals surface area (Å²) in [5.41, 5.74) is 10.9. The van der Waals surface area contributed by atoms with Crippen LogP contribution in [0.4, 0.5) is 5.69 Å². The second-order valence-electron chi connectivity index (χ2n) is 10.8. The molecule has 5 rings (SSSR count). The van der Waals surface area contributed by atoms with Crippen molar-refractivity contribution in [2.75, 3.05) is 0 Å². The maximum atomic E-state index is 5.16. The van der Waals surface area contributed by atoms with E-state index in [9.17, 15) is 0 Å². The predicted octanol–water partition coefficient (Wildman–Crippen LogP) is 8.36. The molecule has 0 N–H and O–H groups in total. The summed E-state index contributed by atoms with van der Waals surface area (Å²) in [6.07, 6.45) is 3.90. The topological polar surface area (TPSA) is 12.4 Å². The molecule has 0 amide bonds. The lowest BCUT2D eigenvalue weighted by atomic mass is 9.84. The minimum Gasteiger partial charge on any atom is -0.247 e. The van der Waals surface area contributed by atoms with Crippen molar-refractivity contribution < 1.29 is 0 Å². The van der Waals surface area contributed by atoms with E-state index in [1.807, 2.05) is 0 Å². The molecule has 0 saturated heterocycles. The molecule has 1 atom stereocenters. The molecule has 1 fully saturated rings. The molecule has 1 saturated carbocycles. The zero-order valence-electron chi connectivity index (χ0n) is 19.3. The van der Waals surface area contributed by atoms with E-state index in [4.69, 9.17) is 4.99 Å². The average molecular weight is 396 g/mol. The van der Waals surface area contributed by atoms with Gasteiger partial charge < -0.3 is 0 Å². The Labute approximate surface area is 181 Å². The molecular formula is C29H33N. The van der Waals surface area contributed by atoms with Crippen LogP contribution in [0.2, 0.25) is 0 Å². The number of aryl methyl sites for hydroxylation is 2. The third-order valence-electron chi connectivity index (χ3n) is 7.19.